The number of hydrogen-bond acceptors (Lipinski definition) is 4. The number of guanidine groups is 1. The van der Waals surface area contributed by atoms with Crippen LogP contribution >= 0.6 is 0 Å². The molecule has 1 aromatic carbocycles. The van der Waals surface area contributed by atoms with E-state index in [0.717, 1.165) is 37.5 Å². The van der Waals surface area contributed by atoms with Crippen molar-refractivity contribution in [1.82, 2.24) is 10.6 Å². The molecule has 7 nitrogen and oxygen atoms in total. The number of nitrogens with one attached hydrogen (secondary N) is 2. The van der Waals surface area contributed by atoms with E-state index in [2.05, 4.69) is 15.6 Å². The van der Waals surface area contributed by atoms with Crippen LogP contribution in [0.2, 0.25) is 0 Å². The van der Waals surface area contributed by atoms with Gasteiger partial charge in [0.05, 0.1) is 4.90 Å². The predicted octanol–water partition coefficient (Wildman–Crippen LogP) is 1.64. The van der Waals surface area contributed by atoms with Crippen molar-refractivity contribution < 1.29 is 13.2 Å². The number of nitrogens with zero attached hydrogens (tertiary/aromatic N) is 1. The quantitative estimate of drug-likeness (QED) is 0.435. The Morgan fingerprint density at radius 3 is 2.44 bits per heavy atom. The van der Waals surface area contributed by atoms with Crippen LogP contribution in [0.4, 0.5) is 0 Å². The number of primary sulfonamides is 1. The molecule has 0 aromatic heterocycles. The van der Waals surface area contributed by atoms with Gasteiger partial charge in [-0.2, -0.15) is 0 Å². The fraction of sp³-hybridized carbons (Fsp3) is 0.632. The van der Waals surface area contributed by atoms with Crippen molar-refractivity contribution >= 4 is 16.0 Å². The molecule has 0 heterocycles. The zero-order valence-electron chi connectivity index (χ0n) is 16.3. The first-order chi connectivity index (χ1) is 12.9. The summed E-state index contributed by atoms with van der Waals surface area (Å²) in [5.74, 6) is 0.792. The van der Waals surface area contributed by atoms with Crippen LogP contribution in [0.3, 0.4) is 0 Å². The number of benzene rings is 1. The van der Waals surface area contributed by atoms with E-state index in [-0.39, 0.29) is 4.90 Å². The zero-order valence-corrected chi connectivity index (χ0v) is 17.1. The Kier molecular flexibility index (Phi) is 8.07. The van der Waals surface area contributed by atoms with E-state index in [9.17, 15) is 8.42 Å². The van der Waals surface area contributed by atoms with Crippen LogP contribution in [0.1, 0.15) is 37.7 Å². The van der Waals surface area contributed by atoms with E-state index in [1.54, 1.807) is 26.3 Å². The Bertz CT molecular complexity index is 711. The molecule has 1 aliphatic carbocycles. The SMILES string of the molecule is CN=C(NCCc1ccc(S(N)(=O)=O)cc1)NCC1(CCOC)CCCC1. The molecule has 0 atom stereocenters. The molecule has 1 aliphatic rings. The van der Waals surface area contributed by atoms with Crippen LogP contribution in [0.15, 0.2) is 34.2 Å². The van der Waals surface area contributed by atoms with Crippen LogP contribution in [0.25, 0.3) is 0 Å². The maximum atomic E-state index is 11.3. The first kappa shape index (κ1) is 21.7. The van der Waals surface area contributed by atoms with Crippen LogP contribution in [-0.2, 0) is 21.2 Å². The maximum absolute atomic E-state index is 11.3. The summed E-state index contributed by atoms with van der Waals surface area (Å²) in [6, 6.07) is 6.65. The third kappa shape index (κ3) is 6.79. The molecule has 0 radical (unpaired) electrons. The van der Waals surface area contributed by atoms with Crippen molar-refractivity contribution in [2.45, 2.75) is 43.4 Å². The molecule has 152 valence electrons. The van der Waals surface area contributed by atoms with Crippen LogP contribution < -0.4 is 15.8 Å². The van der Waals surface area contributed by atoms with Crippen molar-refractivity contribution in [3.05, 3.63) is 29.8 Å². The molecule has 0 unspecified atom stereocenters. The molecular weight excluding hydrogens is 364 g/mol. The number of methoxy groups -OCH3 is 1. The number of rotatable bonds is 9. The van der Waals surface area contributed by atoms with E-state index in [1.807, 2.05) is 0 Å². The van der Waals surface area contributed by atoms with Gasteiger partial charge in [0.1, 0.15) is 0 Å². The van der Waals surface area contributed by atoms with Crippen molar-refractivity contribution in [3.8, 4) is 0 Å². The van der Waals surface area contributed by atoms with Crippen LogP contribution in [0.5, 0.6) is 0 Å². The third-order valence-electron chi connectivity index (χ3n) is 5.31. The van der Waals surface area contributed by atoms with Gasteiger partial charge in [-0.25, -0.2) is 13.6 Å². The zero-order chi connectivity index (χ0) is 19.8. The number of sulfonamides is 1. The van der Waals surface area contributed by atoms with E-state index in [4.69, 9.17) is 9.88 Å². The highest BCUT2D eigenvalue weighted by atomic mass is 32.2. The molecule has 1 aromatic rings. The first-order valence-electron chi connectivity index (χ1n) is 9.44. The minimum absolute atomic E-state index is 0.134. The highest BCUT2D eigenvalue weighted by Gasteiger charge is 2.33. The van der Waals surface area contributed by atoms with Gasteiger partial charge < -0.3 is 15.4 Å². The second-order valence-corrected chi connectivity index (χ2v) is 8.80. The number of nitrogens with two attached hydrogens (primary N) is 1. The van der Waals surface area contributed by atoms with Crippen LogP contribution in [-0.4, -0.2) is 48.2 Å². The lowest BCUT2D eigenvalue weighted by Crippen LogP contribution is -2.43. The van der Waals surface area contributed by atoms with Gasteiger partial charge in [-0.1, -0.05) is 25.0 Å². The molecule has 2 rings (SSSR count). The predicted molar refractivity (Wildman–Crippen MR) is 108 cm³/mol. The third-order valence-corrected chi connectivity index (χ3v) is 6.24. The molecule has 8 heteroatoms. The number of aliphatic imine (C=N–C) groups is 1. The molecule has 0 spiro atoms. The Balaban J connectivity index is 1.80. The van der Waals surface area contributed by atoms with Crippen molar-refractivity contribution in [2.24, 2.45) is 15.5 Å². The van der Waals surface area contributed by atoms with Gasteiger partial charge in [-0.05, 0) is 48.8 Å². The summed E-state index contributed by atoms with van der Waals surface area (Å²) in [5.41, 5.74) is 1.34. The number of hydrogen-bond donors (Lipinski definition) is 3. The fourth-order valence-corrected chi connectivity index (χ4v) is 4.14. The molecule has 0 amide bonds. The van der Waals surface area contributed by atoms with Crippen molar-refractivity contribution in [2.75, 3.05) is 33.9 Å². The van der Waals surface area contributed by atoms with Gasteiger partial charge in [-0.3, -0.25) is 4.99 Å². The van der Waals surface area contributed by atoms with Gasteiger partial charge in [0.25, 0.3) is 0 Å². The Morgan fingerprint density at radius 1 is 1.22 bits per heavy atom. The van der Waals surface area contributed by atoms with Gasteiger partial charge in [0, 0.05) is 33.9 Å². The Hall–Kier alpha value is -1.64. The molecule has 0 saturated heterocycles. The fourth-order valence-electron chi connectivity index (χ4n) is 3.62. The molecule has 27 heavy (non-hydrogen) atoms. The summed E-state index contributed by atoms with van der Waals surface area (Å²) in [5, 5.41) is 11.9. The molecule has 1 saturated carbocycles. The minimum Gasteiger partial charge on any atom is -0.385 e. The van der Waals surface area contributed by atoms with E-state index >= 15 is 0 Å². The van der Waals surface area contributed by atoms with E-state index < -0.39 is 10.0 Å². The van der Waals surface area contributed by atoms with Gasteiger partial charge in [0.2, 0.25) is 10.0 Å². The summed E-state index contributed by atoms with van der Waals surface area (Å²) in [6.45, 7) is 2.40. The second-order valence-electron chi connectivity index (χ2n) is 7.24. The van der Waals surface area contributed by atoms with E-state index in [1.165, 1.54) is 37.8 Å². The first-order valence-corrected chi connectivity index (χ1v) is 11.0. The lowest BCUT2D eigenvalue weighted by molar-refractivity contribution is 0.138. The molecule has 4 N–H and O–H groups in total. The highest BCUT2D eigenvalue weighted by Crippen LogP contribution is 2.40. The molecular formula is C19H32N4O3S. The van der Waals surface area contributed by atoms with Gasteiger partial charge in [-0.15, -0.1) is 0 Å². The van der Waals surface area contributed by atoms with Gasteiger partial charge >= 0.3 is 0 Å². The average Bonchev–Trinajstić information content (AvgIpc) is 3.11. The lowest BCUT2D eigenvalue weighted by atomic mass is 9.83. The summed E-state index contributed by atoms with van der Waals surface area (Å²) in [6.07, 6.45) is 6.87. The average molecular weight is 397 g/mol. The lowest BCUT2D eigenvalue weighted by Gasteiger charge is -2.30. The normalized spacial score (nSPS) is 17.1. The Morgan fingerprint density at radius 2 is 1.89 bits per heavy atom. The topological polar surface area (TPSA) is 106 Å². The second kappa shape index (κ2) is 10.1. The smallest absolute Gasteiger partial charge is 0.238 e. The van der Waals surface area contributed by atoms with Crippen molar-refractivity contribution in [1.29, 1.82) is 0 Å². The molecule has 0 bridgehead atoms. The molecule has 1 fully saturated rings. The summed E-state index contributed by atoms with van der Waals surface area (Å²) in [4.78, 5) is 4.44. The molecule has 0 aliphatic heterocycles. The maximum Gasteiger partial charge on any atom is 0.238 e. The Labute approximate surface area is 162 Å². The monoisotopic (exact) mass is 396 g/mol. The minimum atomic E-state index is -3.64. The standard InChI is InChI=1S/C19H32N4O3S/c1-21-18(23-15-19(12-14-26-2)10-3-4-11-19)22-13-9-16-5-7-17(8-6-16)27(20,24)25/h5-8H,3-4,9-15H2,1-2H3,(H2,20,24,25)(H2,21,22,23). The highest BCUT2D eigenvalue weighted by molar-refractivity contribution is 7.89. The summed E-state index contributed by atoms with van der Waals surface area (Å²) >= 11 is 0. The van der Waals surface area contributed by atoms with E-state index in [0.29, 0.717) is 12.0 Å². The summed E-state index contributed by atoms with van der Waals surface area (Å²) < 4.78 is 27.9. The van der Waals surface area contributed by atoms with Gasteiger partial charge in [0.15, 0.2) is 5.96 Å². The van der Waals surface area contributed by atoms with Crippen molar-refractivity contribution in [3.63, 3.8) is 0 Å². The largest absolute Gasteiger partial charge is 0.385 e. The summed E-state index contributed by atoms with van der Waals surface area (Å²) in [7, 11) is -0.113. The number of ether oxygens (including phenoxy) is 1. The van der Waals surface area contributed by atoms with Crippen LogP contribution in [0, 0.1) is 5.41 Å².